The molecule has 1 saturated heterocycles. The Bertz CT molecular complexity index is 391. The van der Waals surface area contributed by atoms with E-state index in [0.29, 0.717) is 5.41 Å². The number of nitrogens with two attached hydrogens (primary N) is 1. The third kappa shape index (κ3) is 3.46. The lowest BCUT2D eigenvalue weighted by atomic mass is 9.82. The number of anilines is 1. The van der Waals surface area contributed by atoms with Crippen molar-refractivity contribution >= 4 is 21.6 Å². The Morgan fingerprint density at radius 2 is 1.94 bits per heavy atom. The second-order valence-corrected chi connectivity index (χ2v) is 6.70. The number of nitrogen functional groups attached to an aromatic ring is 1. The highest BCUT2D eigenvalue weighted by Crippen LogP contribution is 2.31. The molecule has 0 spiro atoms. The Balaban J connectivity index is 1.98. The summed E-state index contributed by atoms with van der Waals surface area (Å²) in [6.07, 6.45) is 2.56. The van der Waals surface area contributed by atoms with Crippen molar-refractivity contribution in [3.63, 3.8) is 0 Å². The molecule has 0 unspecified atom stereocenters. The quantitative estimate of drug-likeness (QED) is 0.844. The first-order chi connectivity index (χ1) is 7.96. The van der Waals surface area contributed by atoms with E-state index in [1.807, 2.05) is 6.07 Å². The molecule has 0 radical (unpaired) electrons. The second-order valence-electron chi connectivity index (χ2n) is 5.78. The van der Waals surface area contributed by atoms with E-state index in [4.69, 9.17) is 5.73 Å². The lowest BCUT2D eigenvalue weighted by Gasteiger charge is -2.37. The number of halogens is 1. The molecule has 1 aromatic rings. The fourth-order valence-corrected chi connectivity index (χ4v) is 2.65. The Morgan fingerprint density at radius 3 is 2.53 bits per heavy atom. The van der Waals surface area contributed by atoms with Crippen molar-refractivity contribution < 1.29 is 0 Å². The summed E-state index contributed by atoms with van der Waals surface area (Å²) < 4.78 is 1.05. The summed E-state index contributed by atoms with van der Waals surface area (Å²) in [5, 5.41) is 0. The van der Waals surface area contributed by atoms with Gasteiger partial charge in [0.2, 0.25) is 0 Å². The highest BCUT2D eigenvalue weighted by Gasteiger charge is 2.25. The molecule has 0 amide bonds. The van der Waals surface area contributed by atoms with Gasteiger partial charge in [-0.05, 0) is 49.0 Å². The van der Waals surface area contributed by atoms with Crippen LogP contribution in [0.25, 0.3) is 0 Å². The van der Waals surface area contributed by atoms with Crippen molar-refractivity contribution in [2.75, 3.05) is 18.8 Å². The van der Waals surface area contributed by atoms with Crippen LogP contribution in [-0.4, -0.2) is 18.0 Å². The molecule has 2 nitrogen and oxygen atoms in total. The average molecular weight is 297 g/mol. The van der Waals surface area contributed by atoms with E-state index in [2.05, 4.69) is 46.8 Å². The van der Waals surface area contributed by atoms with Crippen molar-refractivity contribution in [3.8, 4) is 0 Å². The summed E-state index contributed by atoms with van der Waals surface area (Å²) in [7, 11) is 0. The SMILES string of the molecule is CC1(C)CCN(Cc2ccc(Br)cc2N)CC1. The maximum atomic E-state index is 6.04. The predicted molar refractivity (Wildman–Crippen MR) is 76.8 cm³/mol. The van der Waals surface area contributed by atoms with Crippen molar-refractivity contribution in [1.82, 2.24) is 4.90 Å². The molecule has 3 heteroatoms. The van der Waals surface area contributed by atoms with Gasteiger partial charge < -0.3 is 5.73 Å². The number of nitrogens with zero attached hydrogens (tertiary/aromatic N) is 1. The largest absolute Gasteiger partial charge is 0.398 e. The van der Waals surface area contributed by atoms with Gasteiger partial charge in [-0.2, -0.15) is 0 Å². The molecule has 1 fully saturated rings. The fraction of sp³-hybridized carbons (Fsp3) is 0.571. The van der Waals surface area contributed by atoms with E-state index < -0.39 is 0 Å². The van der Waals surface area contributed by atoms with E-state index in [-0.39, 0.29) is 0 Å². The summed E-state index contributed by atoms with van der Waals surface area (Å²) in [6, 6.07) is 6.18. The first-order valence-corrected chi connectivity index (χ1v) is 7.02. The predicted octanol–water partition coefficient (Wildman–Crippen LogP) is 3.65. The third-order valence-electron chi connectivity index (χ3n) is 3.71. The molecular formula is C14H21BrN2. The first kappa shape index (κ1) is 12.9. The lowest BCUT2D eigenvalue weighted by Crippen LogP contribution is -2.36. The number of likely N-dealkylation sites (tertiary alicyclic amines) is 1. The molecule has 94 valence electrons. The minimum atomic E-state index is 0.516. The smallest absolute Gasteiger partial charge is 0.0371 e. The number of hydrogen-bond acceptors (Lipinski definition) is 2. The zero-order valence-corrected chi connectivity index (χ0v) is 12.3. The van der Waals surface area contributed by atoms with Crippen LogP contribution < -0.4 is 5.73 Å². The molecule has 1 aliphatic rings. The second kappa shape index (κ2) is 4.99. The summed E-state index contributed by atoms with van der Waals surface area (Å²) in [5.74, 6) is 0. The van der Waals surface area contributed by atoms with Crippen LogP contribution in [0.4, 0.5) is 5.69 Å². The molecule has 0 bridgehead atoms. The van der Waals surface area contributed by atoms with Gasteiger partial charge >= 0.3 is 0 Å². The van der Waals surface area contributed by atoms with Crippen LogP contribution in [-0.2, 0) is 6.54 Å². The van der Waals surface area contributed by atoms with Gasteiger partial charge in [-0.25, -0.2) is 0 Å². The van der Waals surface area contributed by atoms with Gasteiger partial charge in [0, 0.05) is 16.7 Å². The topological polar surface area (TPSA) is 29.3 Å². The third-order valence-corrected chi connectivity index (χ3v) is 4.20. The summed E-state index contributed by atoms with van der Waals surface area (Å²) in [6.45, 7) is 8.07. The Kier molecular flexibility index (Phi) is 3.79. The molecule has 1 aromatic carbocycles. The van der Waals surface area contributed by atoms with Crippen LogP contribution in [0.5, 0.6) is 0 Å². The first-order valence-electron chi connectivity index (χ1n) is 6.23. The van der Waals surface area contributed by atoms with Crippen molar-refractivity contribution in [2.24, 2.45) is 5.41 Å². The zero-order valence-electron chi connectivity index (χ0n) is 10.7. The van der Waals surface area contributed by atoms with Gasteiger partial charge in [0.1, 0.15) is 0 Å². The zero-order chi connectivity index (χ0) is 12.5. The van der Waals surface area contributed by atoms with Crippen LogP contribution in [0.2, 0.25) is 0 Å². The molecular weight excluding hydrogens is 276 g/mol. The Hall–Kier alpha value is -0.540. The summed E-state index contributed by atoms with van der Waals surface area (Å²) in [5.41, 5.74) is 8.69. The Morgan fingerprint density at radius 1 is 1.29 bits per heavy atom. The minimum Gasteiger partial charge on any atom is -0.398 e. The molecule has 1 heterocycles. The minimum absolute atomic E-state index is 0.516. The van der Waals surface area contributed by atoms with Gasteiger partial charge in [-0.1, -0.05) is 35.8 Å². The number of piperidine rings is 1. The maximum absolute atomic E-state index is 6.04. The molecule has 0 atom stereocenters. The molecule has 17 heavy (non-hydrogen) atoms. The highest BCUT2D eigenvalue weighted by atomic mass is 79.9. The molecule has 0 aliphatic carbocycles. The summed E-state index contributed by atoms with van der Waals surface area (Å²) in [4.78, 5) is 2.50. The molecule has 1 aliphatic heterocycles. The monoisotopic (exact) mass is 296 g/mol. The average Bonchev–Trinajstić information content (AvgIpc) is 2.25. The van der Waals surface area contributed by atoms with Crippen molar-refractivity contribution in [2.45, 2.75) is 33.2 Å². The van der Waals surface area contributed by atoms with Crippen molar-refractivity contribution in [1.29, 1.82) is 0 Å². The Labute approximate surface area is 112 Å². The van der Waals surface area contributed by atoms with Gasteiger partial charge in [0.05, 0.1) is 0 Å². The van der Waals surface area contributed by atoms with Crippen LogP contribution in [0.15, 0.2) is 22.7 Å². The van der Waals surface area contributed by atoms with E-state index in [0.717, 1.165) is 16.7 Å². The number of hydrogen-bond donors (Lipinski definition) is 1. The number of rotatable bonds is 2. The van der Waals surface area contributed by atoms with Gasteiger partial charge in [-0.15, -0.1) is 0 Å². The molecule has 2 N–H and O–H groups in total. The van der Waals surface area contributed by atoms with Crippen LogP contribution in [0.1, 0.15) is 32.3 Å². The molecule has 0 saturated carbocycles. The van der Waals surface area contributed by atoms with Gasteiger partial charge in [0.25, 0.3) is 0 Å². The van der Waals surface area contributed by atoms with Crippen LogP contribution >= 0.6 is 15.9 Å². The summed E-state index contributed by atoms with van der Waals surface area (Å²) >= 11 is 3.44. The highest BCUT2D eigenvalue weighted by molar-refractivity contribution is 9.10. The van der Waals surface area contributed by atoms with E-state index in [1.165, 1.54) is 31.5 Å². The van der Waals surface area contributed by atoms with E-state index in [9.17, 15) is 0 Å². The number of benzene rings is 1. The fourth-order valence-electron chi connectivity index (χ4n) is 2.27. The molecule has 0 aromatic heterocycles. The molecule has 2 rings (SSSR count). The maximum Gasteiger partial charge on any atom is 0.0371 e. The van der Waals surface area contributed by atoms with Gasteiger partial charge in [0.15, 0.2) is 0 Å². The standard InChI is InChI=1S/C14H21BrN2/c1-14(2)5-7-17(8-6-14)10-11-3-4-12(15)9-13(11)16/h3-4,9H,5-8,10,16H2,1-2H3. The van der Waals surface area contributed by atoms with E-state index in [1.54, 1.807) is 0 Å². The lowest BCUT2D eigenvalue weighted by molar-refractivity contribution is 0.127. The van der Waals surface area contributed by atoms with Crippen molar-refractivity contribution in [3.05, 3.63) is 28.2 Å². The van der Waals surface area contributed by atoms with E-state index >= 15 is 0 Å². The normalized spacial score (nSPS) is 20.4. The van der Waals surface area contributed by atoms with Crippen LogP contribution in [0, 0.1) is 5.41 Å². The van der Waals surface area contributed by atoms with Crippen LogP contribution in [0.3, 0.4) is 0 Å². The van der Waals surface area contributed by atoms with Gasteiger partial charge in [-0.3, -0.25) is 4.90 Å².